The summed E-state index contributed by atoms with van der Waals surface area (Å²) in [6, 6.07) is 7.36. The summed E-state index contributed by atoms with van der Waals surface area (Å²) in [5, 5.41) is 0. The Hall–Kier alpha value is -1.22. The van der Waals surface area contributed by atoms with Gasteiger partial charge in [-0.25, -0.2) is 4.21 Å². The van der Waals surface area contributed by atoms with Crippen molar-refractivity contribution in [3.8, 4) is 0 Å². The molecule has 0 aliphatic carbocycles. The average Bonchev–Trinajstić information content (AvgIpc) is 2.19. The Morgan fingerprint density at radius 2 is 1.80 bits per heavy atom. The van der Waals surface area contributed by atoms with Gasteiger partial charge in [0, 0.05) is 4.90 Å². The molecule has 0 radical (unpaired) electrons. The molecule has 0 fully saturated rings. The first-order chi connectivity index (χ1) is 7.06. The Balaban J connectivity index is 3.04. The normalized spacial score (nSPS) is 13.7. The van der Waals surface area contributed by atoms with Crippen molar-refractivity contribution >= 4 is 16.6 Å². The van der Waals surface area contributed by atoms with Crippen LogP contribution in [-0.4, -0.2) is 9.99 Å². The van der Waals surface area contributed by atoms with Gasteiger partial charge in [-0.15, -0.1) is 0 Å². The van der Waals surface area contributed by atoms with Crippen molar-refractivity contribution in [3.63, 3.8) is 0 Å². The van der Waals surface area contributed by atoms with Crippen LogP contribution < -0.4 is 0 Å². The van der Waals surface area contributed by atoms with Gasteiger partial charge >= 0.3 is 0 Å². The molecule has 1 aromatic rings. The van der Waals surface area contributed by atoms with Crippen molar-refractivity contribution in [3.05, 3.63) is 40.8 Å². The highest BCUT2D eigenvalue weighted by Gasteiger charge is 2.13. The lowest BCUT2D eigenvalue weighted by Gasteiger charge is -2.03. The van der Waals surface area contributed by atoms with Crippen LogP contribution in [0, 0.1) is 6.92 Å². The average molecular weight is 222 g/mol. The maximum absolute atomic E-state index is 12.0. The topological polar surface area (TPSA) is 34.1 Å². The van der Waals surface area contributed by atoms with E-state index in [1.807, 2.05) is 19.1 Å². The Morgan fingerprint density at radius 3 is 2.20 bits per heavy atom. The number of allylic oxidation sites excluding steroid dienone is 2. The van der Waals surface area contributed by atoms with E-state index < -0.39 is 10.8 Å². The molecule has 0 aromatic heterocycles. The van der Waals surface area contributed by atoms with E-state index in [0.29, 0.717) is 9.80 Å². The summed E-state index contributed by atoms with van der Waals surface area (Å²) in [7, 11) is -1.35. The van der Waals surface area contributed by atoms with Gasteiger partial charge < -0.3 is 0 Å². The lowest BCUT2D eigenvalue weighted by molar-refractivity contribution is -0.113. The van der Waals surface area contributed by atoms with Crippen LogP contribution in [-0.2, 0) is 15.6 Å². The zero-order valence-corrected chi connectivity index (χ0v) is 9.93. The fourth-order valence-corrected chi connectivity index (χ4v) is 2.34. The monoisotopic (exact) mass is 222 g/mol. The number of carbonyl (C=O) groups excluding carboxylic acids is 1. The van der Waals surface area contributed by atoms with E-state index in [-0.39, 0.29) is 5.78 Å². The number of aryl methyl sites for hydroxylation is 1. The summed E-state index contributed by atoms with van der Waals surface area (Å²) in [6.07, 6.45) is 1.61. The zero-order chi connectivity index (χ0) is 11.4. The van der Waals surface area contributed by atoms with Crippen LogP contribution in [0.15, 0.2) is 40.1 Å². The van der Waals surface area contributed by atoms with Crippen molar-refractivity contribution in [2.75, 3.05) is 0 Å². The number of ketones is 1. The molecule has 1 rings (SSSR count). The van der Waals surface area contributed by atoms with E-state index >= 15 is 0 Å². The van der Waals surface area contributed by atoms with E-state index in [2.05, 4.69) is 0 Å². The van der Waals surface area contributed by atoms with E-state index in [4.69, 9.17) is 0 Å². The SMILES string of the molecule is C/C=C(\C(C)=O)S(=O)c1ccc(C)cc1. The molecule has 0 N–H and O–H groups in total. The van der Waals surface area contributed by atoms with Crippen LogP contribution in [0.3, 0.4) is 0 Å². The minimum atomic E-state index is -1.35. The second-order valence-electron chi connectivity index (χ2n) is 3.29. The molecule has 0 saturated heterocycles. The fourth-order valence-electron chi connectivity index (χ4n) is 1.23. The fraction of sp³-hybridized carbons (Fsp3) is 0.250. The third kappa shape index (κ3) is 2.86. The van der Waals surface area contributed by atoms with Gasteiger partial charge in [0.1, 0.15) is 0 Å². The summed E-state index contributed by atoms with van der Waals surface area (Å²) >= 11 is 0. The molecule has 0 aliphatic heterocycles. The second-order valence-corrected chi connectivity index (χ2v) is 4.74. The Labute approximate surface area is 92.5 Å². The molecule has 80 valence electrons. The molecule has 0 bridgehead atoms. The van der Waals surface area contributed by atoms with Crippen LogP contribution in [0.4, 0.5) is 0 Å². The molecule has 1 atom stereocenters. The standard InChI is InChI=1S/C12H14O2S/c1-4-12(10(3)13)15(14)11-7-5-9(2)6-8-11/h4-8H,1-3H3/b12-4+. The van der Waals surface area contributed by atoms with E-state index in [9.17, 15) is 9.00 Å². The quantitative estimate of drug-likeness (QED) is 0.737. The predicted molar refractivity (Wildman–Crippen MR) is 62.0 cm³/mol. The highest BCUT2D eigenvalue weighted by atomic mass is 32.2. The molecule has 0 amide bonds. The van der Waals surface area contributed by atoms with Crippen LogP contribution in [0.25, 0.3) is 0 Å². The van der Waals surface area contributed by atoms with Gasteiger partial charge in [-0.05, 0) is 32.9 Å². The van der Waals surface area contributed by atoms with Crippen molar-refractivity contribution in [1.29, 1.82) is 0 Å². The van der Waals surface area contributed by atoms with Gasteiger partial charge in [0.25, 0.3) is 0 Å². The number of rotatable bonds is 3. The van der Waals surface area contributed by atoms with Crippen LogP contribution in [0.1, 0.15) is 19.4 Å². The van der Waals surface area contributed by atoms with Crippen molar-refractivity contribution in [1.82, 2.24) is 0 Å². The summed E-state index contributed by atoms with van der Waals surface area (Å²) in [5.41, 5.74) is 1.11. The van der Waals surface area contributed by atoms with E-state index in [1.165, 1.54) is 6.92 Å². The van der Waals surface area contributed by atoms with Crippen LogP contribution in [0.5, 0.6) is 0 Å². The summed E-state index contributed by atoms with van der Waals surface area (Å²) in [4.78, 5) is 12.2. The number of hydrogen-bond acceptors (Lipinski definition) is 2. The molecule has 15 heavy (non-hydrogen) atoms. The van der Waals surface area contributed by atoms with Crippen molar-refractivity contribution in [2.45, 2.75) is 25.7 Å². The van der Waals surface area contributed by atoms with E-state index in [1.54, 1.807) is 25.1 Å². The zero-order valence-electron chi connectivity index (χ0n) is 9.11. The highest BCUT2D eigenvalue weighted by molar-refractivity contribution is 7.90. The first-order valence-corrected chi connectivity index (χ1v) is 5.87. The summed E-state index contributed by atoms with van der Waals surface area (Å²) in [5.74, 6) is -0.142. The molecule has 2 nitrogen and oxygen atoms in total. The Bertz CT molecular complexity index is 416. The largest absolute Gasteiger partial charge is 0.294 e. The van der Waals surface area contributed by atoms with Gasteiger partial charge in [-0.1, -0.05) is 23.8 Å². The van der Waals surface area contributed by atoms with Gasteiger partial charge in [0.05, 0.1) is 15.7 Å². The molecular weight excluding hydrogens is 208 g/mol. The number of Topliss-reactive ketones (excluding diaryl/α,β-unsaturated/α-hetero) is 1. The first-order valence-electron chi connectivity index (χ1n) is 4.72. The van der Waals surface area contributed by atoms with E-state index in [0.717, 1.165) is 5.56 Å². The van der Waals surface area contributed by atoms with Crippen LogP contribution >= 0.6 is 0 Å². The molecule has 0 saturated carbocycles. The van der Waals surface area contributed by atoms with Gasteiger partial charge in [-0.2, -0.15) is 0 Å². The van der Waals surface area contributed by atoms with Gasteiger partial charge in [0.2, 0.25) is 0 Å². The molecule has 1 aromatic carbocycles. The summed E-state index contributed by atoms with van der Waals surface area (Å²) in [6.45, 7) is 5.12. The number of benzene rings is 1. The van der Waals surface area contributed by atoms with Gasteiger partial charge in [0.15, 0.2) is 5.78 Å². The maximum atomic E-state index is 12.0. The second kappa shape index (κ2) is 5.03. The Kier molecular flexibility index (Phi) is 3.97. The molecule has 0 aliphatic rings. The number of hydrogen-bond donors (Lipinski definition) is 0. The highest BCUT2D eigenvalue weighted by Crippen LogP contribution is 2.15. The minimum absolute atomic E-state index is 0.142. The van der Waals surface area contributed by atoms with Crippen molar-refractivity contribution < 1.29 is 9.00 Å². The Morgan fingerprint density at radius 1 is 1.27 bits per heavy atom. The summed E-state index contributed by atoms with van der Waals surface area (Å²) < 4.78 is 12.0. The first kappa shape index (κ1) is 11.9. The molecule has 0 spiro atoms. The van der Waals surface area contributed by atoms with Crippen LogP contribution in [0.2, 0.25) is 0 Å². The lowest BCUT2D eigenvalue weighted by atomic mass is 10.2. The van der Waals surface area contributed by atoms with Crippen molar-refractivity contribution in [2.24, 2.45) is 0 Å². The third-order valence-corrected chi connectivity index (χ3v) is 3.67. The minimum Gasteiger partial charge on any atom is -0.294 e. The third-order valence-electron chi connectivity index (χ3n) is 2.04. The lowest BCUT2D eigenvalue weighted by Crippen LogP contribution is -2.04. The number of carbonyl (C=O) groups is 1. The molecule has 1 unspecified atom stereocenters. The maximum Gasteiger partial charge on any atom is 0.168 e. The predicted octanol–water partition coefficient (Wildman–Crippen LogP) is 2.60. The molecule has 0 heterocycles. The molecule has 3 heteroatoms. The molecular formula is C12H14O2S. The smallest absolute Gasteiger partial charge is 0.168 e. The van der Waals surface area contributed by atoms with Gasteiger partial charge in [-0.3, -0.25) is 4.79 Å².